The van der Waals surface area contributed by atoms with E-state index in [0.717, 1.165) is 55.7 Å². The van der Waals surface area contributed by atoms with Crippen LogP contribution in [0.2, 0.25) is 0 Å². The number of hydrogen-bond donors (Lipinski definition) is 0. The molecule has 1 aromatic heterocycles. The quantitative estimate of drug-likeness (QED) is 0.144. The monoisotopic (exact) mass is 841 g/mol. The van der Waals surface area contributed by atoms with Crippen LogP contribution >= 0.6 is 0 Å². The van der Waals surface area contributed by atoms with Crippen LogP contribution in [0.5, 0.6) is 0 Å². The van der Waals surface area contributed by atoms with Gasteiger partial charge in [-0.1, -0.05) is 182 Å². The van der Waals surface area contributed by atoms with Gasteiger partial charge in [-0.2, -0.15) is 0 Å². The first-order valence-corrected chi connectivity index (χ1v) is 22.6. The molecular formula is C64H43NO. The van der Waals surface area contributed by atoms with Crippen molar-refractivity contribution in [3.05, 3.63) is 261 Å². The predicted molar refractivity (Wildman–Crippen MR) is 279 cm³/mol. The van der Waals surface area contributed by atoms with Gasteiger partial charge in [-0.15, -0.1) is 0 Å². The number of anilines is 3. The molecule has 0 aliphatic rings. The minimum atomic E-state index is 0.896. The maximum Gasteiger partial charge on any atom is 0.136 e. The van der Waals surface area contributed by atoms with E-state index in [1.54, 1.807) is 0 Å². The van der Waals surface area contributed by atoms with Crippen LogP contribution in [0.25, 0.3) is 99.5 Å². The van der Waals surface area contributed by atoms with Gasteiger partial charge in [0.25, 0.3) is 0 Å². The summed E-state index contributed by atoms with van der Waals surface area (Å²) in [6.07, 6.45) is 0. The van der Waals surface area contributed by atoms with Crippen molar-refractivity contribution in [2.45, 2.75) is 0 Å². The molecule has 0 fully saturated rings. The topological polar surface area (TPSA) is 16.4 Å². The molecular weight excluding hydrogens is 799 g/mol. The SMILES string of the molecule is c1ccc(-c2cc(-c3ccccc3)cc(-c3ccc(N(c4ccc(-c5cccc(-c6cccc7ccccc67)c5)cc4)c4ccc(-c5ccc6c(c5)oc5ccccc56)cc4)cc3)c2)cc1. The Kier molecular flexibility index (Phi) is 9.89. The van der Waals surface area contributed by atoms with Gasteiger partial charge in [0.1, 0.15) is 11.2 Å². The van der Waals surface area contributed by atoms with Crippen molar-refractivity contribution in [1.82, 2.24) is 0 Å². The average Bonchev–Trinajstić information content (AvgIpc) is 3.78. The van der Waals surface area contributed by atoms with Gasteiger partial charge in [-0.05, 0) is 156 Å². The van der Waals surface area contributed by atoms with Crippen molar-refractivity contribution < 1.29 is 4.42 Å². The molecule has 66 heavy (non-hydrogen) atoms. The molecule has 0 unspecified atom stereocenters. The van der Waals surface area contributed by atoms with E-state index < -0.39 is 0 Å². The number of rotatable bonds is 9. The summed E-state index contributed by atoms with van der Waals surface area (Å²) in [4.78, 5) is 2.35. The molecule has 1 heterocycles. The highest BCUT2D eigenvalue weighted by Gasteiger charge is 2.16. The van der Waals surface area contributed by atoms with E-state index in [1.165, 1.54) is 60.8 Å². The third-order valence-corrected chi connectivity index (χ3v) is 12.9. The van der Waals surface area contributed by atoms with Crippen molar-refractivity contribution >= 4 is 49.8 Å². The smallest absolute Gasteiger partial charge is 0.136 e. The van der Waals surface area contributed by atoms with E-state index in [-0.39, 0.29) is 0 Å². The first kappa shape index (κ1) is 38.9. The van der Waals surface area contributed by atoms with Crippen molar-refractivity contribution in [1.29, 1.82) is 0 Å². The molecule has 0 amide bonds. The summed E-state index contributed by atoms with van der Waals surface area (Å²) in [7, 11) is 0. The summed E-state index contributed by atoms with van der Waals surface area (Å²) < 4.78 is 6.27. The van der Waals surface area contributed by atoms with Crippen LogP contribution in [0.15, 0.2) is 265 Å². The lowest BCUT2D eigenvalue weighted by Crippen LogP contribution is -2.09. The number of hydrogen-bond acceptors (Lipinski definition) is 2. The van der Waals surface area contributed by atoms with Crippen LogP contribution in [0.3, 0.4) is 0 Å². The van der Waals surface area contributed by atoms with E-state index in [9.17, 15) is 0 Å². The van der Waals surface area contributed by atoms with Crippen molar-refractivity contribution in [3.8, 4) is 66.8 Å². The van der Waals surface area contributed by atoms with Crippen LogP contribution in [-0.4, -0.2) is 0 Å². The lowest BCUT2D eigenvalue weighted by Gasteiger charge is -2.26. The minimum Gasteiger partial charge on any atom is -0.456 e. The van der Waals surface area contributed by atoms with E-state index in [1.807, 2.05) is 12.1 Å². The molecule has 0 bridgehead atoms. The second-order valence-electron chi connectivity index (χ2n) is 16.9. The highest BCUT2D eigenvalue weighted by atomic mass is 16.3. The molecule has 0 aliphatic heterocycles. The molecule has 2 nitrogen and oxygen atoms in total. The summed E-state index contributed by atoms with van der Waals surface area (Å²) in [6.45, 7) is 0. The Morgan fingerprint density at radius 2 is 0.621 bits per heavy atom. The molecule has 0 spiro atoms. The fourth-order valence-corrected chi connectivity index (χ4v) is 9.49. The van der Waals surface area contributed by atoms with Crippen LogP contribution in [-0.2, 0) is 0 Å². The fourth-order valence-electron chi connectivity index (χ4n) is 9.49. The van der Waals surface area contributed by atoms with Gasteiger partial charge >= 0.3 is 0 Å². The third kappa shape index (κ3) is 7.41. The molecule has 310 valence electrons. The summed E-state index contributed by atoms with van der Waals surface area (Å²) in [5, 5.41) is 4.78. The molecule has 2 heteroatoms. The lowest BCUT2D eigenvalue weighted by atomic mass is 9.93. The molecule has 0 aliphatic carbocycles. The van der Waals surface area contributed by atoms with Gasteiger partial charge in [0.15, 0.2) is 0 Å². The van der Waals surface area contributed by atoms with Gasteiger partial charge < -0.3 is 9.32 Å². The second-order valence-corrected chi connectivity index (χ2v) is 16.9. The summed E-state index contributed by atoms with van der Waals surface area (Å²) in [5.74, 6) is 0. The second kappa shape index (κ2) is 16.8. The molecule has 11 aromatic carbocycles. The maximum absolute atomic E-state index is 6.27. The zero-order chi connectivity index (χ0) is 43.8. The predicted octanol–water partition coefficient (Wildman–Crippen LogP) is 18.2. The van der Waals surface area contributed by atoms with Gasteiger partial charge in [0.2, 0.25) is 0 Å². The molecule has 0 saturated carbocycles. The normalized spacial score (nSPS) is 11.3. The highest BCUT2D eigenvalue weighted by molar-refractivity contribution is 6.06. The first-order valence-electron chi connectivity index (χ1n) is 22.6. The van der Waals surface area contributed by atoms with Crippen LogP contribution < -0.4 is 4.90 Å². The molecule has 0 N–H and O–H groups in total. The summed E-state index contributed by atoms with van der Waals surface area (Å²) in [6, 6.07) is 93.9. The lowest BCUT2D eigenvalue weighted by molar-refractivity contribution is 0.669. The average molecular weight is 842 g/mol. The Balaban J connectivity index is 0.917. The standard InChI is InChI=1S/C64H43NO/c1-3-13-44(14-4-1)53-40-54(45-15-5-2-6-16-45)42-55(41-53)48-29-36-58(37-30-48)65(57-34-27-47(28-35-57)51-31-38-62-61-22-9-10-24-63(61)66-64(62)43-51)56-32-25-46(26-33-56)50-19-11-20-52(39-50)60-23-12-18-49-17-7-8-21-59(49)60/h1-43H. The molecule has 12 aromatic rings. The summed E-state index contributed by atoms with van der Waals surface area (Å²) >= 11 is 0. The molecule has 12 rings (SSSR count). The number of nitrogens with zero attached hydrogens (tertiary/aromatic N) is 1. The molecule has 0 radical (unpaired) electrons. The van der Waals surface area contributed by atoms with E-state index >= 15 is 0 Å². The van der Waals surface area contributed by atoms with Crippen LogP contribution in [0, 0.1) is 0 Å². The van der Waals surface area contributed by atoms with Gasteiger partial charge in [0, 0.05) is 27.8 Å². The van der Waals surface area contributed by atoms with E-state index in [4.69, 9.17) is 4.42 Å². The Bertz CT molecular complexity index is 3600. The van der Waals surface area contributed by atoms with Crippen molar-refractivity contribution in [2.75, 3.05) is 4.90 Å². The third-order valence-electron chi connectivity index (χ3n) is 12.9. The zero-order valence-electron chi connectivity index (χ0n) is 36.2. The van der Waals surface area contributed by atoms with Gasteiger partial charge in [0.05, 0.1) is 0 Å². The zero-order valence-corrected chi connectivity index (χ0v) is 36.2. The Morgan fingerprint density at radius 3 is 1.23 bits per heavy atom. The number of para-hydroxylation sites is 1. The van der Waals surface area contributed by atoms with Gasteiger partial charge in [-0.25, -0.2) is 0 Å². The summed E-state index contributed by atoms with van der Waals surface area (Å²) in [5.41, 5.74) is 19.2. The number of furan rings is 1. The largest absolute Gasteiger partial charge is 0.456 e. The minimum absolute atomic E-state index is 0.896. The Labute approximate surface area is 384 Å². The fraction of sp³-hybridized carbons (Fsp3) is 0. The first-order chi connectivity index (χ1) is 32.7. The molecule has 0 saturated heterocycles. The maximum atomic E-state index is 6.27. The highest BCUT2D eigenvalue weighted by Crippen LogP contribution is 2.40. The van der Waals surface area contributed by atoms with Crippen LogP contribution in [0.4, 0.5) is 17.1 Å². The Morgan fingerprint density at radius 1 is 0.227 bits per heavy atom. The number of fused-ring (bicyclic) bond motifs is 4. The van der Waals surface area contributed by atoms with E-state index in [2.05, 4.69) is 254 Å². The van der Waals surface area contributed by atoms with Crippen LogP contribution in [0.1, 0.15) is 0 Å². The number of benzene rings is 11. The Hall–Kier alpha value is -8.72. The van der Waals surface area contributed by atoms with Crippen molar-refractivity contribution in [3.63, 3.8) is 0 Å². The van der Waals surface area contributed by atoms with E-state index in [0.29, 0.717) is 0 Å². The van der Waals surface area contributed by atoms with Crippen molar-refractivity contribution in [2.24, 2.45) is 0 Å². The molecule has 0 atom stereocenters. The van der Waals surface area contributed by atoms with Gasteiger partial charge in [-0.3, -0.25) is 0 Å².